The van der Waals surface area contributed by atoms with Crippen LogP contribution in [0.5, 0.6) is 0 Å². The van der Waals surface area contributed by atoms with Crippen LogP contribution in [-0.2, 0) is 15.5 Å². The molecule has 9 rings (SSSR count). The largest absolute Gasteiger partial charge is 0.465 e. The quantitative estimate of drug-likeness (QED) is 0.163. The summed E-state index contributed by atoms with van der Waals surface area (Å²) in [6.07, 6.45) is 2.92. The average Bonchev–Trinajstić information content (AvgIpc) is 3.93. The van der Waals surface area contributed by atoms with Gasteiger partial charge < -0.3 is 20.4 Å². The second kappa shape index (κ2) is 10.1. The van der Waals surface area contributed by atoms with Crippen LogP contribution in [0.2, 0.25) is 0 Å². The lowest BCUT2D eigenvalue weighted by molar-refractivity contribution is -0.133. The summed E-state index contributed by atoms with van der Waals surface area (Å²) in [6.45, 7) is 0.753. The monoisotopic (exact) mass is 648 g/mol. The summed E-state index contributed by atoms with van der Waals surface area (Å²) < 4.78 is 32.3. The van der Waals surface area contributed by atoms with Crippen LogP contribution in [-0.4, -0.2) is 60.7 Å². The Kier molecular flexibility index (Phi) is 6.11. The first kappa shape index (κ1) is 29.0. The van der Waals surface area contributed by atoms with Crippen LogP contribution in [0.4, 0.5) is 13.6 Å². The molecule has 1 spiro atoms. The molecule has 12 heteroatoms. The van der Waals surface area contributed by atoms with Crippen LogP contribution in [0.15, 0.2) is 60.8 Å². The van der Waals surface area contributed by atoms with Gasteiger partial charge in [0.05, 0.1) is 35.0 Å². The second-order valence-corrected chi connectivity index (χ2v) is 13.3. The van der Waals surface area contributed by atoms with E-state index in [0.29, 0.717) is 83.9 Å². The zero-order valence-electron chi connectivity index (χ0n) is 25.6. The number of H-pyrrole nitrogens is 2. The summed E-state index contributed by atoms with van der Waals surface area (Å²) in [7, 11) is 0. The van der Waals surface area contributed by atoms with Gasteiger partial charge in [-0.15, -0.1) is 0 Å². The van der Waals surface area contributed by atoms with Crippen molar-refractivity contribution in [2.75, 3.05) is 13.1 Å². The number of hydrogen-bond acceptors (Lipinski definition) is 6. The lowest BCUT2D eigenvalue weighted by Crippen LogP contribution is -2.34. The van der Waals surface area contributed by atoms with Crippen molar-refractivity contribution in [3.05, 3.63) is 83.6 Å². The molecule has 3 fully saturated rings. The molecule has 3 aromatic carbocycles. The van der Waals surface area contributed by atoms with E-state index < -0.39 is 17.4 Å². The predicted octanol–water partition coefficient (Wildman–Crippen LogP) is 6.51. The van der Waals surface area contributed by atoms with Gasteiger partial charge >= 0.3 is 6.09 Å². The smallest absolute Gasteiger partial charge is 0.407 e. The molecule has 2 atom stereocenters. The molecule has 1 amide bonds. The fourth-order valence-corrected chi connectivity index (χ4v) is 8.15. The topological polar surface area (TPSA) is 144 Å². The Bertz CT molecular complexity index is 2190. The zero-order chi connectivity index (χ0) is 32.9. The van der Waals surface area contributed by atoms with E-state index >= 15 is 8.78 Å². The number of nitrogens with one attached hydrogen (secondary N) is 3. The molecule has 2 aromatic heterocycles. The molecule has 5 aromatic rings. The molecule has 2 saturated heterocycles. The van der Waals surface area contributed by atoms with Gasteiger partial charge in [-0.05, 0) is 65.8 Å². The minimum Gasteiger partial charge on any atom is -0.465 e. The van der Waals surface area contributed by atoms with Crippen molar-refractivity contribution in [2.24, 2.45) is 5.41 Å². The Morgan fingerprint density at radius 3 is 2.33 bits per heavy atom. The Morgan fingerprint density at radius 1 is 0.896 bits per heavy atom. The maximum absolute atomic E-state index is 16.2. The van der Waals surface area contributed by atoms with E-state index in [-0.39, 0.29) is 34.8 Å². The maximum Gasteiger partial charge on any atom is 0.407 e. The Balaban J connectivity index is 0.993. The third-order valence-corrected chi connectivity index (χ3v) is 10.7. The number of likely N-dealkylation sites (tertiary alicyclic amines) is 1. The molecule has 4 N–H and O–H groups in total. The van der Waals surface area contributed by atoms with Crippen molar-refractivity contribution in [3.8, 4) is 33.5 Å². The zero-order valence-corrected chi connectivity index (χ0v) is 25.6. The highest BCUT2D eigenvalue weighted by Gasteiger charge is 2.54. The maximum atomic E-state index is 16.2. The number of ketones is 2. The van der Waals surface area contributed by atoms with Gasteiger partial charge in [0.1, 0.15) is 28.6 Å². The van der Waals surface area contributed by atoms with Crippen LogP contribution in [0.3, 0.4) is 0 Å². The highest BCUT2D eigenvalue weighted by Crippen LogP contribution is 2.53. The van der Waals surface area contributed by atoms with Gasteiger partial charge in [0.15, 0.2) is 0 Å². The van der Waals surface area contributed by atoms with Crippen LogP contribution in [0, 0.1) is 5.41 Å². The number of carbonyl (C=O) groups is 3. The van der Waals surface area contributed by atoms with Crippen molar-refractivity contribution in [1.29, 1.82) is 0 Å². The number of aromatic amines is 2. The van der Waals surface area contributed by atoms with Crippen LogP contribution < -0.4 is 5.32 Å². The van der Waals surface area contributed by atoms with Crippen LogP contribution in [0.25, 0.3) is 44.5 Å². The first-order chi connectivity index (χ1) is 23.1. The number of carboxylic acid groups (broad SMARTS) is 1. The molecule has 4 heterocycles. The number of imidazole rings is 2. The molecule has 0 radical (unpaired) electrons. The fourth-order valence-electron chi connectivity index (χ4n) is 8.15. The Hall–Kier alpha value is -5.23. The van der Waals surface area contributed by atoms with Crippen molar-refractivity contribution in [1.82, 2.24) is 30.2 Å². The predicted molar refractivity (Wildman–Crippen MR) is 171 cm³/mol. The number of rotatable bonds is 4. The summed E-state index contributed by atoms with van der Waals surface area (Å²) in [5.74, 6) is -2.10. The van der Waals surface area contributed by atoms with Gasteiger partial charge in [-0.25, -0.2) is 14.8 Å². The molecule has 2 aliphatic carbocycles. The van der Waals surface area contributed by atoms with E-state index in [1.54, 1.807) is 30.5 Å². The fraction of sp³-hybridized carbons (Fsp3) is 0.306. The second-order valence-electron chi connectivity index (χ2n) is 13.3. The molecule has 0 bridgehead atoms. The number of hydrogen-bond donors (Lipinski definition) is 4. The lowest BCUT2D eigenvalue weighted by atomic mass is 9.82. The summed E-state index contributed by atoms with van der Waals surface area (Å²) >= 11 is 0. The number of halogens is 2. The van der Waals surface area contributed by atoms with Crippen molar-refractivity contribution >= 4 is 28.7 Å². The first-order valence-corrected chi connectivity index (χ1v) is 16.1. The van der Waals surface area contributed by atoms with E-state index in [2.05, 4.69) is 20.3 Å². The number of amides is 1. The molecule has 4 aliphatic rings. The summed E-state index contributed by atoms with van der Waals surface area (Å²) in [5.41, 5.74) is 3.74. The van der Waals surface area contributed by atoms with Gasteiger partial charge in [-0.3, -0.25) is 14.5 Å². The number of benzene rings is 3. The minimum atomic E-state index is -3.24. The third kappa shape index (κ3) is 4.14. The van der Waals surface area contributed by atoms with E-state index in [1.807, 2.05) is 24.3 Å². The highest BCUT2D eigenvalue weighted by molar-refractivity contribution is 6.13. The number of alkyl halides is 2. The van der Waals surface area contributed by atoms with Crippen molar-refractivity contribution in [3.63, 3.8) is 0 Å². The summed E-state index contributed by atoms with van der Waals surface area (Å²) in [6, 6.07) is 15.0. The number of fused-ring (bicyclic) bond motifs is 4. The normalized spacial score (nSPS) is 22.2. The number of Topliss-reactive ketones (excluding diaryl/α,β-unsaturated/α-hetero) is 2. The number of nitrogens with zero attached hydrogens (tertiary/aromatic N) is 3. The molecular formula is C36H30F2N6O4. The molecule has 2 aliphatic heterocycles. The minimum absolute atomic E-state index is 0.00325. The molecule has 10 nitrogen and oxygen atoms in total. The van der Waals surface area contributed by atoms with Crippen molar-refractivity contribution < 1.29 is 28.3 Å². The summed E-state index contributed by atoms with van der Waals surface area (Å²) in [4.78, 5) is 53.7. The Labute approximate surface area is 272 Å². The lowest BCUT2D eigenvalue weighted by Gasteiger charge is -2.19. The molecule has 242 valence electrons. The third-order valence-electron chi connectivity index (χ3n) is 10.7. The number of carbonyl (C=O) groups excluding carboxylic acids is 2. The SMILES string of the molecule is O=C(O)N1CCCC1c1ncc(-c2ccc3c(c2)C(F)(F)c2cc(-c4ccc5nc([C@@H]6CC7(CN6)C(=O)CCC7=O)[nH]c5c4)ccc2-3)[nH]1. The molecule has 1 saturated carbocycles. The van der Waals surface area contributed by atoms with Crippen LogP contribution >= 0.6 is 0 Å². The van der Waals surface area contributed by atoms with E-state index in [0.717, 1.165) is 17.5 Å². The molecule has 48 heavy (non-hydrogen) atoms. The van der Waals surface area contributed by atoms with E-state index in [9.17, 15) is 19.5 Å². The first-order valence-electron chi connectivity index (χ1n) is 16.1. The van der Waals surface area contributed by atoms with Gasteiger partial charge in [-0.1, -0.05) is 30.3 Å². The average molecular weight is 649 g/mol. The molecule has 1 unspecified atom stereocenters. The van der Waals surface area contributed by atoms with E-state index in [1.165, 1.54) is 11.0 Å². The molecular weight excluding hydrogens is 618 g/mol. The Morgan fingerprint density at radius 2 is 1.58 bits per heavy atom. The number of aromatic nitrogens is 4. The van der Waals surface area contributed by atoms with Gasteiger partial charge in [0, 0.05) is 42.6 Å². The van der Waals surface area contributed by atoms with Crippen LogP contribution in [0.1, 0.15) is 67.0 Å². The summed E-state index contributed by atoms with van der Waals surface area (Å²) in [5, 5.41) is 12.8. The van der Waals surface area contributed by atoms with Crippen molar-refractivity contribution in [2.45, 2.75) is 50.1 Å². The van der Waals surface area contributed by atoms with E-state index in [4.69, 9.17) is 4.98 Å². The van der Waals surface area contributed by atoms with Gasteiger partial charge in [0.2, 0.25) is 0 Å². The highest BCUT2D eigenvalue weighted by atomic mass is 19.3. The standard InChI is InChI=1S/C36H30F2N6O4/c37-36(38)23-12-18(19-5-8-25-26(14-19)42-32(41-25)27-15-35(17-40-27)30(45)9-10-31(35)46)3-6-21(23)22-7-4-20(13-24(22)36)28-16-39-33(43-28)29-2-1-11-44(29)34(47)48/h3-8,12-14,16,27,29,40H,1-2,9-11,15,17H2,(H,39,43)(H,41,42)(H,47,48)/t27-,29?/m0/s1. The van der Waals surface area contributed by atoms with Gasteiger partial charge in [-0.2, -0.15) is 8.78 Å². The van der Waals surface area contributed by atoms with Gasteiger partial charge in [0.25, 0.3) is 5.92 Å².